The molecule has 1 atom stereocenters. The van der Waals surface area contributed by atoms with Crippen molar-refractivity contribution in [1.29, 1.82) is 0 Å². The van der Waals surface area contributed by atoms with Gasteiger partial charge in [0, 0.05) is 6.42 Å². The smallest absolute Gasteiger partial charge is 0.303 e. The van der Waals surface area contributed by atoms with Gasteiger partial charge in [-0.3, -0.25) is 4.79 Å². The zero-order chi connectivity index (χ0) is 11.3. The minimum absolute atomic E-state index is 0.247. The zero-order valence-electron chi connectivity index (χ0n) is 9.36. The lowest BCUT2D eigenvalue weighted by molar-refractivity contribution is -0.137. The third-order valence-corrected chi connectivity index (χ3v) is 2.75. The minimum Gasteiger partial charge on any atom is -0.481 e. The summed E-state index contributed by atoms with van der Waals surface area (Å²) in [6.45, 7) is 4.20. The Morgan fingerprint density at radius 2 is 1.93 bits per heavy atom. The van der Waals surface area contributed by atoms with E-state index in [4.69, 9.17) is 5.11 Å². The highest BCUT2D eigenvalue weighted by atomic mass is 16.4. The summed E-state index contributed by atoms with van der Waals surface area (Å²) in [5.41, 5.74) is 2.55. The Kier molecular flexibility index (Phi) is 4.35. The van der Waals surface area contributed by atoms with Crippen LogP contribution in [0.2, 0.25) is 0 Å². The summed E-state index contributed by atoms with van der Waals surface area (Å²) >= 11 is 0. The van der Waals surface area contributed by atoms with E-state index in [1.165, 1.54) is 11.1 Å². The summed E-state index contributed by atoms with van der Waals surface area (Å²) in [5.74, 6) is -0.390. The predicted octanol–water partition coefficient (Wildman–Crippen LogP) is 3.22. The van der Waals surface area contributed by atoms with E-state index < -0.39 is 5.97 Å². The van der Waals surface area contributed by atoms with Gasteiger partial charge in [0.2, 0.25) is 0 Å². The number of carbonyl (C=O) groups is 1. The van der Waals surface area contributed by atoms with Crippen molar-refractivity contribution >= 4 is 5.97 Å². The van der Waals surface area contributed by atoms with Crippen LogP contribution in [-0.4, -0.2) is 11.1 Å². The van der Waals surface area contributed by atoms with E-state index in [9.17, 15) is 4.79 Å². The predicted molar refractivity (Wildman–Crippen MR) is 61.1 cm³/mol. The van der Waals surface area contributed by atoms with Gasteiger partial charge >= 0.3 is 5.97 Å². The number of carboxylic acid groups (broad SMARTS) is 1. The summed E-state index contributed by atoms with van der Waals surface area (Å²) in [6, 6.07) is 8.44. The van der Waals surface area contributed by atoms with Gasteiger partial charge in [0.25, 0.3) is 0 Å². The first-order valence-electron chi connectivity index (χ1n) is 5.44. The third-order valence-electron chi connectivity index (χ3n) is 2.75. The quantitative estimate of drug-likeness (QED) is 0.803. The Morgan fingerprint density at radius 1 is 1.33 bits per heavy atom. The van der Waals surface area contributed by atoms with Crippen LogP contribution >= 0.6 is 0 Å². The Hall–Kier alpha value is -1.31. The molecule has 0 aromatic heterocycles. The van der Waals surface area contributed by atoms with Crippen LogP contribution < -0.4 is 0 Å². The van der Waals surface area contributed by atoms with Crippen molar-refractivity contribution in [2.75, 3.05) is 0 Å². The molecule has 2 nitrogen and oxygen atoms in total. The molecule has 0 spiro atoms. The van der Waals surface area contributed by atoms with Gasteiger partial charge in [0.05, 0.1) is 0 Å². The summed E-state index contributed by atoms with van der Waals surface area (Å²) in [7, 11) is 0. The second-order valence-corrected chi connectivity index (χ2v) is 3.93. The van der Waals surface area contributed by atoms with Crippen LogP contribution in [0.25, 0.3) is 0 Å². The molecule has 0 radical (unpaired) electrons. The van der Waals surface area contributed by atoms with E-state index >= 15 is 0 Å². The second-order valence-electron chi connectivity index (χ2n) is 3.93. The van der Waals surface area contributed by atoms with Gasteiger partial charge in [-0.05, 0) is 29.9 Å². The Bertz CT molecular complexity index is 314. The van der Waals surface area contributed by atoms with Gasteiger partial charge in [-0.25, -0.2) is 0 Å². The van der Waals surface area contributed by atoms with Crippen molar-refractivity contribution < 1.29 is 9.90 Å². The van der Waals surface area contributed by atoms with Crippen molar-refractivity contribution in [3.63, 3.8) is 0 Å². The molecule has 0 bridgehead atoms. The van der Waals surface area contributed by atoms with Gasteiger partial charge in [-0.15, -0.1) is 0 Å². The molecule has 0 aliphatic rings. The number of aliphatic carboxylic acids is 1. The van der Waals surface area contributed by atoms with Crippen LogP contribution in [0.3, 0.4) is 0 Å². The maximum atomic E-state index is 10.4. The molecule has 0 saturated carbocycles. The standard InChI is InChI=1S/C13H18O2/c1-3-11-5-7-12(8-6-11)10(2)4-9-13(14)15/h5-8,10H,3-4,9H2,1-2H3,(H,14,15). The minimum atomic E-state index is -0.716. The molecule has 15 heavy (non-hydrogen) atoms. The fourth-order valence-electron chi connectivity index (χ4n) is 1.59. The van der Waals surface area contributed by atoms with E-state index in [0.29, 0.717) is 12.3 Å². The highest BCUT2D eigenvalue weighted by Gasteiger charge is 2.07. The highest BCUT2D eigenvalue weighted by Crippen LogP contribution is 2.20. The van der Waals surface area contributed by atoms with Crippen molar-refractivity contribution in [3.05, 3.63) is 35.4 Å². The molecule has 0 amide bonds. The molecule has 82 valence electrons. The van der Waals surface area contributed by atoms with Gasteiger partial charge < -0.3 is 5.11 Å². The lowest BCUT2D eigenvalue weighted by Crippen LogP contribution is -2.00. The summed E-state index contributed by atoms with van der Waals surface area (Å²) in [4.78, 5) is 10.4. The van der Waals surface area contributed by atoms with Gasteiger partial charge in [-0.2, -0.15) is 0 Å². The van der Waals surface area contributed by atoms with Crippen LogP contribution in [-0.2, 0) is 11.2 Å². The number of aryl methyl sites for hydroxylation is 1. The third kappa shape index (κ3) is 3.74. The Morgan fingerprint density at radius 3 is 2.40 bits per heavy atom. The molecule has 1 unspecified atom stereocenters. The fourth-order valence-corrected chi connectivity index (χ4v) is 1.59. The first kappa shape index (κ1) is 11.8. The highest BCUT2D eigenvalue weighted by molar-refractivity contribution is 5.66. The number of benzene rings is 1. The summed E-state index contributed by atoms with van der Waals surface area (Å²) in [6.07, 6.45) is 2.00. The monoisotopic (exact) mass is 206 g/mol. The van der Waals surface area contributed by atoms with Crippen molar-refractivity contribution in [2.45, 2.75) is 39.0 Å². The van der Waals surface area contributed by atoms with E-state index in [1.807, 2.05) is 0 Å². The second kappa shape index (κ2) is 5.54. The number of hydrogen-bond acceptors (Lipinski definition) is 1. The van der Waals surface area contributed by atoms with Crippen LogP contribution in [0.15, 0.2) is 24.3 Å². The average molecular weight is 206 g/mol. The van der Waals surface area contributed by atoms with E-state index in [2.05, 4.69) is 38.1 Å². The normalized spacial score (nSPS) is 12.4. The fraction of sp³-hybridized carbons (Fsp3) is 0.462. The van der Waals surface area contributed by atoms with Crippen LogP contribution in [0, 0.1) is 0 Å². The number of carboxylic acids is 1. The first-order chi connectivity index (χ1) is 7.13. The zero-order valence-corrected chi connectivity index (χ0v) is 9.36. The Labute approximate surface area is 90.9 Å². The van der Waals surface area contributed by atoms with Gasteiger partial charge in [0.15, 0.2) is 0 Å². The van der Waals surface area contributed by atoms with Gasteiger partial charge in [0.1, 0.15) is 0 Å². The molecule has 0 fully saturated rings. The van der Waals surface area contributed by atoms with E-state index in [1.54, 1.807) is 0 Å². The lowest BCUT2D eigenvalue weighted by Gasteiger charge is -2.10. The van der Waals surface area contributed by atoms with E-state index in [0.717, 1.165) is 6.42 Å². The molecule has 0 aliphatic carbocycles. The molecule has 1 aromatic carbocycles. The molecule has 1 N–H and O–H groups in total. The molecule has 1 aromatic rings. The van der Waals surface area contributed by atoms with Gasteiger partial charge in [-0.1, -0.05) is 38.1 Å². The number of hydrogen-bond donors (Lipinski definition) is 1. The average Bonchev–Trinajstić information content (AvgIpc) is 2.26. The maximum Gasteiger partial charge on any atom is 0.303 e. The maximum absolute atomic E-state index is 10.4. The molecule has 1 rings (SSSR count). The SMILES string of the molecule is CCc1ccc(C(C)CCC(=O)O)cc1. The van der Waals surface area contributed by atoms with Crippen molar-refractivity contribution in [1.82, 2.24) is 0 Å². The topological polar surface area (TPSA) is 37.3 Å². The Balaban J connectivity index is 2.57. The largest absolute Gasteiger partial charge is 0.481 e. The van der Waals surface area contributed by atoms with E-state index in [-0.39, 0.29) is 6.42 Å². The lowest BCUT2D eigenvalue weighted by atomic mass is 9.95. The molecule has 0 aliphatic heterocycles. The van der Waals surface area contributed by atoms with Crippen molar-refractivity contribution in [3.8, 4) is 0 Å². The first-order valence-corrected chi connectivity index (χ1v) is 5.44. The molecule has 0 saturated heterocycles. The molecular formula is C13H18O2. The van der Waals surface area contributed by atoms with Crippen molar-refractivity contribution in [2.24, 2.45) is 0 Å². The molecule has 2 heteroatoms. The molecule has 0 heterocycles. The van der Waals surface area contributed by atoms with Crippen LogP contribution in [0.4, 0.5) is 0 Å². The van der Waals surface area contributed by atoms with Crippen LogP contribution in [0.1, 0.15) is 43.7 Å². The van der Waals surface area contributed by atoms with Crippen LogP contribution in [0.5, 0.6) is 0 Å². The number of rotatable bonds is 5. The summed E-state index contributed by atoms with van der Waals surface area (Å²) in [5, 5.41) is 8.59. The summed E-state index contributed by atoms with van der Waals surface area (Å²) < 4.78 is 0. The molecular weight excluding hydrogens is 188 g/mol.